The van der Waals surface area contributed by atoms with E-state index in [1.165, 1.54) is 16.7 Å². The summed E-state index contributed by atoms with van der Waals surface area (Å²) in [5.41, 5.74) is 12.1. The average Bonchev–Trinajstić information content (AvgIpc) is 3.47. The maximum atomic E-state index is 13.5. The average molecular weight is 551 g/mol. The van der Waals surface area contributed by atoms with Crippen molar-refractivity contribution in [3.05, 3.63) is 95.1 Å². The molecule has 3 unspecified atom stereocenters. The molecule has 1 aromatic heterocycles. The third-order valence-corrected chi connectivity index (χ3v) is 8.61. The minimum absolute atomic E-state index is 0.100. The summed E-state index contributed by atoms with van der Waals surface area (Å²) >= 11 is 0. The van der Waals surface area contributed by atoms with Gasteiger partial charge >= 0.3 is 0 Å². The molecule has 0 spiro atoms. The number of rotatable bonds is 8. The van der Waals surface area contributed by atoms with Crippen LogP contribution in [0.4, 0.5) is 5.95 Å². The predicted molar refractivity (Wildman–Crippen MR) is 162 cm³/mol. The van der Waals surface area contributed by atoms with Gasteiger partial charge in [0.2, 0.25) is 17.8 Å². The molecule has 6 rings (SSSR count). The van der Waals surface area contributed by atoms with Crippen molar-refractivity contribution < 1.29 is 9.59 Å². The Bertz CT molecular complexity index is 1490. The first-order chi connectivity index (χ1) is 20.1. The van der Waals surface area contributed by atoms with E-state index in [2.05, 4.69) is 63.0 Å². The number of piperazine rings is 1. The third kappa shape index (κ3) is 5.98. The Balaban J connectivity index is 1.17. The third-order valence-electron chi connectivity index (χ3n) is 8.61. The van der Waals surface area contributed by atoms with Crippen LogP contribution in [-0.4, -0.2) is 48.0 Å². The van der Waals surface area contributed by atoms with E-state index in [4.69, 9.17) is 10.7 Å². The van der Waals surface area contributed by atoms with Crippen LogP contribution in [0.15, 0.2) is 72.8 Å². The molecule has 2 heterocycles. The minimum atomic E-state index is -0.828. The van der Waals surface area contributed by atoms with E-state index in [9.17, 15) is 9.59 Å². The number of nitrogens with one attached hydrogen (secondary N) is 3. The minimum Gasteiger partial charge on any atom is -0.368 e. The number of benzene rings is 3. The Labute approximate surface area is 240 Å². The smallest absolute Gasteiger partial charge is 0.244 e. The Morgan fingerprint density at radius 2 is 1.71 bits per heavy atom. The molecule has 8 nitrogen and oxygen atoms in total. The summed E-state index contributed by atoms with van der Waals surface area (Å²) in [5.74, 6) is 0.210. The molecule has 0 bridgehead atoms. The van der Waals surface area contributed by atoms with Crippen LogP contribution in [0, 0.1) is 5.92 Å². The molecular formula is C33H38N6O2. The molecule has 41 heavy (non-hydrogen) atoms. The van der Waals surface area contributed by atoms with Crippen LogP contribution in [0.25, 0.3) is 11.0 Å². The molecule has 3 aromatic carbocycles. The standard InChI is InChI=1S/C33H38N6O2/c34-31(40)30(24-7-2-1-3-8-24)37-32(41)27-11-5-4-10-26(27)23-15-13-22(14-16-23)21-25-9-6-12-28-29(25)38-33(36-28)39-19-17-35-18-20-39/h1-3,6-9,12-16,26-27,30,35H,4-5,10-11,17-21H2,(H2,34,40)(H,36,38)(H,37,41). The van der Waals surface area contributed by atoms with Crippen LogP contribution in [0.1, 0.15) is 59.9 Å². The topological polar surface area (TPSA) is 116 Å². The molecule has 1 saturated carbocycles. The van der Waals surface area contributed by atoms with Gasteiger partial charge in [-0.25, -0.2) is 4.98 Å². The van der Waals surface area contributed by atoms with Gasteiger partial charge < -0.3 is 26.3 Å². The highest BCUT2D eigenvalue weighted by molar-refractivity contribution is 5.89. The van der Waals surface area contributed by atoms with E-state index in [1.54, 1.807) is 0 Å². The summed E-state index contributed by atoms with van der Waals surface area (Å²) < 4.78 is 0. The van der Waals surface area contributed by atoms with Crippen molar-refractivity contribution in [2.45, 2.75) is 44.1 Å². The number of carbonyl (C=O) groups is 2. The van der Waals surface area contributed by atoms with Crippen molar-refractivity contribution in [3.63, 3.8) is 0 Å². The highest BCUT2D eigenvalue weighted by atomic mass is 16.2. The molecule has 2 amide bonds. The number of hydrogen-bond donors (Lipinski definition) is 4. The fourth-order valence-corrected chi connectivity index (χ4v) is 6.41. The van der Waals surface area contributed by atoms with Crippen molar-refractivity contribution in [1.29, 1.82) is 0 Å². The summed E-state index contributed by atoms with van der Waals surface area (Å²) in [5, 5.41) is 6.35. The molecule has 1 aliphatic heterocycles. The molecule has 2 aliphatic rings. The summed E-state index contributed by atoms with van der Waals surface area (Å²) in [6.07, 6.45) is 4.63. The van der Waals surface area contributed by atoms with Crippen molar-refractivity contribution in [2.75, 3.05) is 31.1 Å². The number of nitrogens with zero attached hydrogens (tertiary/aromatic N) is 2. The van der Waals surface area contributed by atoms with Gasteiger partial charge in [-0.1, -0.05) is 79.6 Å². The molecule has 1 aliphatic carbocycles. The number of aromatic nitrogens is 2. The number of primary amides is 1. The van der Waals surface area contributed by atoms with E-state index in [1.807, 2.05) is 30.3 Å². The lowest BCUT2D eigenvalue weighted by Gasteiger charge is -2.32. The fraction of sp³-hybridized carbons (Fsp3) is 0.364. The Kier molecular flexibility index (Phi) is 8.00. The van der Waals surface area contributed by atoms with E-state index in [0.29, 0.717) is 5.56 Å². The number of imidazole rings is 1. The van der Waals surface area contributed by atoms with Gasteiger partial charge in [0.1, 0.15) is 6.04 Å². The van der Waals surface area contributed by atoms with E-state index in [-0.39, 0.29) is 17.7 Å². The quantitative estimate of drug-likeness (QED) is 0.263. The fourth-order valence-electron chi connectivity index (χ4n) is 6.41. The number of carbonyl (C=O) groups excluding carboxylic acids is 2. The maximum Gasteiger partial charge on any atom is 0.244 e. The molecular weight excluding hydrogens is 512 g/mol. The Morgan fingerprint density at radius 3 is 2.46 bits per heavy atom. The molecule has 5 N–H and O–H groups in total. The van der Waals surface area contributed by atoms with E-state index in [0.717, 1.165) is 75.3 Å². The first-order valence-electron chi connectivity index (χ1n) is 14.7. The largest absolute Gasteiger partial charge is 0.368 e. The van der Waals surface area contributed by atoms with Crippen molar-refractivity contribution >= 4 is 28.8 Å². The number of fused-ring (bicyclic) bond motifs is 1. The highest BCUT2D eigenvalue weighted by Crippen LogP contribution is 2.38. The first kappa shape index (κ1) is 27.0. The number of hydrogen-bond acceptors (Lipinski definition) is 5. The molecule has 1 saturated heterocycles. The Morgan fingerprint density at radius 1 is 0.951 bits per heavy atom. The molecule has 212 valence electrons. The zero-order valence-electron chi connectivity index (χ0n) is 23.3. The number of amides is 2. The Hall–Kier alpha value is -4.17. The zero-order valence-corrected chi connectivity index (χ0v) is 23.3. The molecule has 8 heteroatoms. The number of aromatic amines is 1. The summed E-state index contributed by atoms with van der Waals surface area (Å²) in [6.45, 7) is 3.84. The monoisotopic (exact) mass is 550 g/mol. The number of nitrogens with two attached hydrogens (primary N) is 1. The summed E-state index contributed by atoms with van der Waals surface area (Å²) in [6, 6.07) is 23.4. The van der Waals surface area contributed by atoms with Crippen LogP contribution in [-0.2, 0) is 16.0 Å². The van der Waals surface area contributed by atoms with Gasteiger partial charge in [0.25, 0.3) is 0 Å². The molecule has 4 aromatic rings. The molecule has 3 atom stereocenters. The van der Waals surface area contributed by atoms with Crippen molar-refractivity contribution in [1.82, 2.24) is 20.6 Å². The number of anilines is 1. The number of H-pyrrole nitrogens is 1. The SMILES string of the molecule is NC(=O)C(NC(=O)C1CCCCC1c1ccc(Cc2cccc3[nH]c(N4CCNCC4)nc23)cc1)c1ccccc1. The molecule has 0 radical (unpaired) electrons. The van der Waals surface area contributed by atoms with Crippen LogP contribution in [0.2, 0.25) is 0 Å². The van der Waals surface area contributed by atoms with Gasteiger partial charge in [-0.05, 0) is 53.5 Å². The van der Waals surface area contributed by atoms with Crippen molar-refractivity contribution in [3.8, 4) is 0 Å². The van der Waals surface area contributed by atoms with Crippen LogP contribution >= 0.6 is 0 Å². The van der Waals surface area contributed by atoms with Crippen molar-refractivity contribution in [2.24, 2.45) is 11.7 Å². The van der Waals surface area contributed by atoms with Gasteiger partial charge in [-0.15, -0.1) is 0 Å². The molecule has 2 fully saturated rings. The lowest BCUT2D eigenvalue weighted by atomic mass is 9.74. The van der Waals surface area contributed by atoms with Crippen LogP contribution in [0.3, 0.4) is 0 Å². The summed E-state index contributed by atoms with van der Waals surface area (Å²) in [4.78, 5) is 36.5. The van der Waals surface area contributed by atoms with Crippen LogP contribution < -0.4 is 21.3 Å². The highest BCUT2D eigenvalue weighted by Gasteiger charge is 2.34. The van der Waals surface area contributed by atoms with Gasteiger partial charge in [-0.2, -0.15) is 0 Å². The van der Waals surface area contributed by atoms with E-state index >= 15 is 0 Å². The lowest BCUT2D eigenvalue weighted by Crippen LogP contribution is -2.44. The zero-order chi connectivity index (χ0) is 28.2. The van der Waals surface area contributed by atoms with E-state index < -0.39 is 11.9 Å². The van der Waals surface area contributed by atoms with Crippen LogP contribution in [0.5, 0.6) is 0 Å². The van der Waals surface area contributed by atoms with Gasteiger partial charge in [-0.3, -0.25) is 9.59 Å². The second-order valence-electron chi connectivity index (χ2n) is 11.3. The normalized spacial score (nSPS) is 20.0. The summed E-state index contributed by atoms with van der Waals surface area (Å²) in [7, 11) is 0. The number of para-hydroxylation sites is 1. The maximum absolute atomic E-state index is 13.5. The first-order valence-corrected chi connectivity index (χ1v) is 14.7. The predicted octanol–water partition coefficient (Wildman–Crippen LogP) is 4.18. The van der Waals surface area contributed by atoms with Gasteiger partial charge in [0.05, 0.1) is 11.0 Å². The second-order valence-corrected chi connectivity index (χ2v) is 11.3. The van der Waals surface area contributed by atoms with Gasteiger partial charge in [0.15, 0.2) is 0 Å². The second kappa shape index (κ2) is 12.1. The van der Waals surface area contributed by atoms with Gasteiger partial charge in [0, 0.05) is 32.1 Å². The lowest BCUT2D eigenvalue weighted by molar-refractivity contribution is -0.131.